The molecule has 0 bridgehead atoms. The number of unbranched alkanes of at least 4 members (excludes halogenated alkanes) is 3. The third kappa shape index (κ3) is 8.22. The van der Waals surface area contributed by atoms with E-state index in [1.807, 2.05) is 0 Å². The van der Waals surface area contributed by atoms with E-state index in [1.165, 1.54) is 37.7 Å². The van der Waals surface area contributed by atoms with E-state index in [4.69, 9.17) is 0 Å². The Bertz CT molecular complexity index is 86.7. The van der Waals surface area contributed by atoms with Gasteiger partial charge in [-0.25, -0.2) is 0 Å². The first-order valence-corrected chi connectivity index (χ1v) is 5.10. The maximum absolute atomic E-state index is 3.86. The molecule has 10 heavy (non-hydrogen) atoms. The largest absolute Gasteiger partial charge is 0.100 e. The molecule has 0 aliphatic heterocycles. The van der Waals surface area contributed by atoms with E-state index in [2.05, 4.69) is 29.4 Å². The van der Waals surface area contributed by atoms with Crippen molar-refractivity contribution >= 4 is 15.9 Å². The average Bonchev–Trinajstić information content (AvgIpc) is 1.87. The molecule has 0 aromatic carbocycles. The zero-order valence-corrected chi connectivity index (χ0v) is 8.41. The quantitative estimate of drug-likeness (QED) is 0.350. The molecular formula is C9H17Br. The van der Waals surface area contributed by atoms with Crippen LogP contribution in [-0.2, 0) is 0 Å². The summed E-state index contributed by atoms with van der Waals surface area (Å²) in [4.78, 5) is 0. The minimum absolute atomic E-state index is 1.15. The Morgan fingerprint density at radius 3 is 2.30 bits per heavy atom. The number of rotatable bonds is 6. The fraction of sp³-hybridized carbons (Fsp3) is 0.778. The van der Waals surface area contributed by atoms with E-state index in [1.54, 1.807) is 0 Å². The molecule has 0 N–H and O–H groups in total. The molecule has 0 rings (SSSR count). The molecule has 0 atom stereocenters. The highest BCUT2D eigenvalue weighted by Gasteiger charge is 1.88. The maximum Gasteiger partial charge on any atom is 0.00313 e. The topological polar surface area (TPSA) is 0 Å². The summed E-state index contributed by atoms with van der Waals surface area (Å²) in [5.41, 5.74) is 1.32. The molecule has 1 heteroatoms. The van der Waals surface area contributed by atoms with E-state index in [9.17, 15) is 0 Å². The predicted molar refractivity (Wildman–Crippen MR) is 51.7 cm³/mol. The van der Waals surface area contributed by atoms with Crippen molar-refractivity contribution in [1.29, 1.82) is 0 Å². The van der Waals surface area contributed by atoms with Crippen molar-refractivity contribution in [2.45, 2.75) is 39.0 Å². The Morgan fingerprint density at radius 1 is 1.20 bits per heavy atom. The summed E-state index contributed by atoms with van der Waals surface area (Å²) in [6.07, 6.45) is 6.57. The third-order valence-electron chi connectivity index (χ3n) is 1.49. The van der Waals surface area contributed by atoms with Crippen LogP contribution in [0.2, 0.25) is 0 Å². The minimum atomic E-state index is 1.15. The number of hydrogen-bond acceptors (Lipinski definition) is 0. The summed E-state index contributed by atoms with van der Waals surface area (Å²) >= 11 is 3.41. The van der Waals surface area contributed by atoms with Crippen molar-refractivity contribution in [2.24, 2.45) is 0 Å². The summed E-state index contributed by atoms with van der Waals surface area (Å²) in [5, 5.41) is 1.15. The number of alkyl halides is 1. The SMILES string of the molecule is C=C(C)CCCCCCBr. The maximum atomic E-state index is 3.86. The Morgan fingerprint density at radius 2 is 1.80 bits per heavy atom. The molecule has 0 aliphatic carbocycles. The molecule has 0 saturated carbocycles. The molecule has 0 nitrogen and oxygen atoms in total. The Labute approximate surface area is 72.8 Å². The van der Waals surface area contributed by atoms with Gasteiger partial charge in [-0.05, 0) is 26.2 Å². The van der Waals surface area contributed by atoms with Gasteiger partial charge in [0.05, 0.1) is 0 Å². The lowest BCUT2D eigenvalue weighted by molar-refractivity contribution is 0.669. The van der Waals surface area contributed by atoms with E-state index in [0.29, 0.717) is 0 Å². The summed E-state index contributed by atoms with van der Waals surface area (Å²) in [6.45, 7) is 5.97. The molecule has 0 aliphatic rings. The normalized spacial score (nSPS) is 9.80. The lowest BCUT2D eigenvalue weighted by Crippen LogP contribution is -1.79. The zero-order chi connectivity index (χ0) is 7.82. The van der Waals surface area contributed by atoms with Crippen molar-refractivity contribution in [1.82, 2.24) is 0 Å². The van der Waals surface area contributed by atoms with Crippen LogP contribution in [0, 0.1) is 0 Å². The molecule has 0 unspecified atom stereocenters. The zero-order valence-electron chi connectivity index (χ0n) is 6.83. The van der Waals surface area contributed by atoms with Crippen LogP contribution >= 0.6 is 15.9 Å². The number of halogens is 1. The minimum Gasteiger partial charge on any atom is -0.100 e. The van der Waals surface area contributed by atoms with E-state index in [-0.39, 0.29) is 0 Å². The monoisotopic (exact) mass is 204 g/mol. The fourth-order valence-corrected chi connectivity index (χ4v) is 1.27. The first-order chi connectivity index (χ1) is 4.77. The van der Waals surface area contributed by atoms with Crippen molar-refractivity contribution in [3.63, 3.8) is 0 Å². The highest BCUT2D eigenvalue weighted by atomic mass is 79.9. The summed E-state index contributed by atoms with van der Waals surface area (Å²) in [6, 6.07) is 0. The van der Waals surface area contributed by atoms with Crippen LogP contribution in [0.4, 0.5) is 0 Å². The van der Waals surface area contributed by atoms with E-state index >= 15 is 0 Å². The fourth-order valence-electron chi connectivity index (χ4n) is 0.875. The first kappa shape index (κ1) is 10.2. The molecule has 0 spiro atoms. The van der Waals surface area contributed by atoms with Crippen molar-refractivity contribution in [2.75, 3.05) is 5.33 Å². The van der Waals surface area contributed by atoms with Gasteiger partial charge in [-0.15, -0.1) is 6.58 Å². The van der Waals surface area contributed by atoms with Crippen LogP contribution in [0.3, 0.4) is 0 Å². The van der Waals surface area contributed by atoms with Gasteiger partial charge in [0.2, 0.25) is 0 Å². The van der Waals surface area contributed by atoms with Gasteiger partial charge in [0, 0.05) is 5.33 Å². The van der Waals surface area contributed by atoms with Crippen molar-refractivity contribution in [3.05, 3.63) is 12.2 Å². The highest BCUT2D eigenvalue weighted by Crippen LogP contribution is 2.08. The van der Waals surface area contributed by atoms with Crippen LogP contribution in [0.5, 0.6) is 0 Å². The van der Waals surface area contributed by atoms with Gasteiger partial charge in [0.15, 0.2) is 0 Å². The van der Waals surface area contributed by atoms with Gasteiger partial charge in [0.25, 0.3) is 0 Å². The molecule has 60 valence electrons. The summed E-state index contributed by atoms with van der Waals surface area (Å²) in [5.74, 6) is 0. The van der Waals surface area contributed by atoms with Gasteiger partial charge in [-0.1, -0.05) is 34.3 Å². The molecule has 0 fully saturated rings. The standard InChI is InChI=1S/C9H17Br/c1-9(2)7-5-3-4-6-8-10/h1,3-8H2,2H3. The lowest BCUT2D eigenvalue weighted by Gasteiger charge is -1.98. The van der Waals surface area contributed by atoms with Crippen LogP contribution in [0.15, 0.2) is 12.2 Å². The van der Waals surface area contributed by atoms with Crippen LogP contribution in [0.25, 0.3) is 0 Å². The average molecular weight is 205 g/mol. The Kier molecular flexibility index (Phi) is 7.49. The second-order valence-corrected chi connectivity index (χ2v) is 3.60. The van der Waals surface area contributed by atoms with E-state index in [0.717, 1.165) is 5.33 Å². The summed E-state index contributed by atoms with van der Waals surface area (Å²) in [7, 11) is 0. The third-order valence-corrected chi connectivity index (χ3v) is 2.05. The second kappa shape index (κ2) is 7.33. The number of allylic oxidation sites excluding steroid dienone is 1. The van der Waals surface area contributed by atoms with Crippen LogP contribution in [-0.4, -0.2) is 5.33 Å². The van der Waals surface area contributed by atoms with E-state index < -0.39 is 0 Å². The molecule has 0 aromatic heterocycles. The predicted octanol–water partition coefficient (Wildman–Crippen LogP) is 3.91. The van der Waals surface area contributed by atoms with Gasteiger partial charge < -0.3 is 0 Å². The Hall–Kier alpha value is 0.220. The number of hydrogen-bond donors (Lipinski definition) is 0. The summed E-state index contributed by atoms with van der Waals surface area (Å²) < 4.78 is 0. The molecule has 0 radical (unpaired) electrons. The second-order valence-electron chi connectivity index (χ2n) is 2.81. The molecular weight excluding hydrogens is 188 g/mol. The van der Waals surface area contributed by atoms with Crippen LogP contribution < -0.4 is 0 Å². The van der Waals surface area contributed by atoms with Crippen molar-refractivity contribution in [3.8, 4) is 0 Å². The van der Waals surface area contributed by atoms with Gasteiger partial charge >= 0.3 is 0 Å². The van der Waals surface area contributed by atoms with Gasteiger partial charge in [-0.2, -0.15) is 0 Å². The molecule has 0 aromatic rings. The lowest BCUT2D eigenvalue weighted by atomic mass is 10.1. The molecule has 0 saturated heterocycles. The molecule has 0 heterocycles. The Balaban J connectivity index is 2.84. The van der Waals surface area contributed by atoms with Crippen LogP contribution in [0.1, 0.15) is 39.0 Å². The smallest absolute Gasteiger partial charge is 0.00313 e. The molecule has 0 amide bonds. The van der Waals surface area contributed by atoms with Gasteiger partial charge in [0.1, 0.15) is 0 Å². The van der Waals surface area contributed by atoms with Gasteiger partial charge in [-0.3, -0.25) is 0 Å². The van der Waals surface area contributed by atoms with Crippen molar-refractivity contribution < 1.29 is 0 Å². The highest BCUT2D eigenvalue weighted by molar-refractivity contribution is 9.09. The first-order valence-electron chi connectivity index (χ1n) is 3.97.